The number of ether oxygens (including phenoxy) is 10. The topological polar surface area (TPSA) is 92.3 Å². The van der Waals surface area contributed by atoms with Crippen LogP contribution in [-0.4, -0.2) is 119 Å². The van der Waals surface area contributed by atoms with Crippen molar-refractivity contribution in [1.82, 2.24) is 0 Å². The highest BCUT2D eigenvalue weighted by atomic mass is 16.6. The molecule has 0 radical (unpaired) electrons. The van der Waals surface area contributed by atoms with E-state index in [1.165, 1.54) is 32.7 Å². The summed E-state index contributed by atoms with van der Waals surface area (Å²) in [5, 5.41) is 6.98. The summed E-state index contributed by atoms with van der Waals surface area (Å²) in [5.41, 5.74) is 2.56. The van der Waals surface area contributed by atoms with Gasteiger partial charge in [0, 0.05) is 10.8 Å². The fourth-order valence-corrected chi connectivity index (χ4v) is 6.43. The molecule has 0 spiro atoms. The molecule has 0 atom stereocenters. The van der Waals surface area contributed by atoms with Crippen molar-refractivity contribution < 1.29 is 47.4 Å². The maximum atomic E-state index is 6.05. The maximum Gasteiger partial charge on any atom is 0.127 e. The summed E-state index contributed by atoms with van der Waals surface area (Å²) in [4.78, 5) is 0. The van der Waals surface area contributed by atoms with Gasteiger partial charge in [0.05, 0.1) is 106 Å². The van der Waals surface area contributed by atoms with Crippen LogP contribution >= 0.6 is 0 Å². The van der Waals surface area contributed by atoms with Gasteiger partial charge in [-0.1, -0.05) is 60.7 Å². The van der Waals surface area contributed by atoms with E-state index in [9.17, 15) is 0 Å². The summed E-state index contributed by atoms with van der Waals surface area (Å²) in [5.74, 6) is 1.58. The van der Waals surface area contributed by atoms with Gasteiger partial charge in [-0.3, -0.25) is 0 Å². The fourth-order valence-electron chi connectivity index (χ4n) is 6.43. The second-order valence-corrected chi connectivity index (χ2v) is 12.8. The van der Waals surface area contributed by atoms with E-state index < -0.39 is 0 Å². The van der Waals surface area contributed by atoms with Gasteiger partial charge >= 0.3 is 0 Å². The molecule has 10 nitrogen and oxygen atoms in total. The molecule has 1 aliphatic heterocycles. The van der Waals surface area contributed by atoms with Crippen LogP contribution in [0.4, 0.5) is 0 Å². The molecule has 5 aromatic rings. The number of rotatable bonds is 0. The van der Waals surface area contributed by atoms with Crippen LogP contribution in [0.15, 0.2) is 84.9 Å². The third kappa shape index (κ3) is 12.6. The normalized spacial score (nSPS) is 18.4. The first-order chi connectivity index (χ1) is 26.9. The SMILES string of the molecule is c1cc2c3cc4c(cccc4cc3c1)CCOCCOCCOCCOCCOc1cccc3c(cccc13)OCCOCCOCCOCCOCC2. The minimum absolute atomic E-state index is 0.433. The molecular weight excluding hydrogens is 688 g/mol. The third-order valence-corrected chi connectivity index (χ3v) is 9.14. The molecule has 0 amide bonds. The minimum Gasteiger partial charge on any atom is -0.491 e. The van der Waals surface area contributed by atoms with Gasteiger partial charge in [-0.25, -0.2) is 0 Å². The molecule has 0 fully saturated rings. The number of benzene rings is 5. The van der Waals surface area contributed by atoms with E-state index in [-0.39, 0.29) is 0 Å². The summed E-state index contributed by atoms with van der Waals surface area (Å²) < 4.78 is 58.1. The minimum atomic E-state index is 0.433. The van der Waals surface area contributed by atoms with Crippen molar-refractivity contribution in [2.24, 2.45) is 0 Å². The molecule has 1 heterocycles. The van der Waals surface area contributed by atoms with Crippen molar-refractivity contribution in [3.05, 3.63) is 96.1 Å². The maximum absolute atomic E-state index is 6.05. The van der Waals surface area contributed by atoms with Crippen molar-refractivity contribution in [2.45, 2.75) is 12.8 Å². The molecular formula is C44H54O10. The van der Waals surface area contributed by atoms with E-state index in [1.54, 1.807) is 0 Å². The summed E-state index contributed by atoms with van der Waals surface area (Å²) in [6, 6.07) is 29.6. The Bertz CT molecular complexity index is 1700. The first kappa shape index (κ1) is 39.8. The lowest BCUT2D eigenvalue weighted by atomic mass is 9.95. The molecule has 10 heteroatoms. The Morgan fingerprint density at radius 3 is 1.00 bits per heavy atom. The lowest BCUT2D eigenvalue weighted by molar-refractivity contribution is -0.00427. The third-order valence-electron chi connectivity index (χ3n) is 9.14. The van der Waals surface area contributed by atoms with Gasteiger partial charge in [0.1, 0.15) is 24.7 Å². The van der Waals surface area contributed by atoms with Crippen LogP contribution in [0.1, 0.15) is 11.1 Å². The summed E-state index contributed by atoms with van der Waals surface area (Å²) in [6.07, 6.45) is 1.66. The Morgan fingerprint density at radius 1 is 0.278 bits per heavy atom. The van der Waals surface area contributed by atoms with Gasteiger partial charge in [-0.15, -0.1) is 0 Å². The molecule has 0 saturated carbocycles. The van der Waals surface area contributed by atoms with Gasteiger partial charge in [-0.05, 0) is 69.8 Å². The first-order valence-electron chi connectivity index (χ1n) is 19.2. The van der Waals surface area contributed by atoms with Crippen molar-refractivity contribution in [1.29, 1.82) is 0 Å². The van der Waals surface area contributed by atoms with Crippen molar-refractivity contribution in [3.63, 3.8) is 0 Å². The summed E-state index contributed by atoms with van der Waals surface area (Å²) in [6.45, 7) is 9.20. The standard InChI is InChI=1S/C44H54O10/c1-5-35-13-15-45-17-19-47-21-23-49-25-27-51-29-31-53-43-11-3-10-40-39(43)9-4-12-44(40)54-32-30-52-28-26-50-24-22-48-20-18-46-16-14-36-6-2-8-38-33-37(7-1)41(35)34-42(36)38/h1-12,33-34H,13-32H2. The van der Waals surface area contributed by atoms with E-state index in [0.29, 0.717) is 119 Å². The van der Waals surface area contributed by atoms with Gasteiger partial charge in [-0.2, -0.15) is 0 Å². The van der Waals surface area contributed by atoms with Gasteiger partial charge < -0.3 is 47.4 Å². The monoisotopic (exact) mass is 742 g/mol. The highest BCUT2D eigenvalue weighted by molar-refractivity contribution is 6.01. The summed E-state index contributed by atoms with van der Waals surface area (Å²) in [7, 11) is 0. The molecule has 0 N–H and O–H groups in total. The van der Waals surface area contributed by atoms with Crippen molar-refractivity contribution in [3.8, 4) is 11.5 Å². The molecule has 6 rings (SSSR count). The quantitative estimate of drug-likeness (QED) is 0.157. The van der Waals surface area contributed by atoms with E-state index in [1.807, 2.05) is 36.4 Å². The molecule has 0 saturated heterocycles. The lowest BCUT2D eigenvalue weighted by Gasteiger charge is -2.13. The van der Waals surface area contributed by atoms with Crippen LogP contribution in [0.2, 0.25) is 0 Å². The smallest absolute Gasteiger partial charge is 0.127 e. The van der Waals surface area contributed by atoms with E-state index >= 15 is 0 Å². The Balaban J connectivity index is 0.966. The van der Waals surface area contributed by atoms with Crippen LogP contribution in [0.3, 0.4) is 0 Å². The number of hydrogen-bond donors (Lipinski definition) is 0. The zero-order valence-corrected chi connectivity index (χ0v) is 31.3. The molecule has 5 aromatic carbocycles. The van der Waals surface area contributed by atoms with E-state index in [2.05, 4.69) is 48.5 Å². The summed E-state index contributed by atoms with van der Waals surface area (Å²) >= 11 is 0. The Kier molecular flexibility index (Phi) is 17.1. The fraction of sp³-hybridized carbons (Fsp3) is 0.455. The predicted octanol–water partition coefficient (Wildman–Crippen LogP) is 6.84. The van der Waals surface area contributed by atoms with Crippen molar-refractivity contribution >= 4 is 32.3 Å². The van der Waals surface area contributed by atoms with Gasteiger partial charge in [0.15, 0.2) is 0 Å². The van der Waals surface area contributed by atoms with Gasteiger partial charge in [0.25, 0.3) is 0 Å². The Labute approximate surface area is 318 Å². The Morgan fingerprint density at radius 2 is 0.611 bits per heavy atom. The molecule has 0 aromatic heterocycles. The van der Waals surface area contributed by atoms with Crippen LogP contribution in [-0.2, 0) is 50.7 Å². The van der Waals surface area contributed by atoms with Crippen LogP contribution in [0.25, 0.3) is 32.3 Å². The van der Waals surface area contributed by atoms with Crippen LogP contribution < -0.4 is 9.47 Å². The van der Waals surface area contributed by atoms with Crippen molar-refractivity contribution in [2.75, 3.05) is 119 Å². The predicted molar refractivity (Wildman–Crippen MR) is 210 cm³/mol. The average Bonchev–Trinajstić information content (AvgIpc) is 3.20. The highest BCUT2D eigenvalue weighted by Gasteiger charge is 2.09. The second-order valence-electron chi connectivity index (χ2n) is 12.8. The zero-order chi connectivity index (χ0) is 36.9. The van der Waals surface area contributed by atoms with Gasteiger partial charge in [0.2, 0.25) is 0 Å². The van der Waals surface area contributed by atoms with Crippen LogP contribution in [0.5, 0.6) is 11.5 Å². The van der Waals surface area contributed by atoms with E-state index in [0.717, 1.165) is 35.1 Å². The largest absolute Gasteiger partial charge is 0.491 e. The highest BCUT2D eigenvalue weighted by Crippen LogP contribution is 2.32. The second kappa shape index (κ2) is 23.2. The molecule has 0 unspecified atom stereocenters. The van der Waals surface area contributed by atoms with E-state index in [4.69, 9.17) is 47.4 Å². The lowest BCUT2D eigenvalue weighted by Crippen LogP contribution is -2.14. The first-order valence-corrected chi connectivity index (χ1v) is 19.2. The Hall–Kier alpha value is -3.84. The molecule has 290 valence electrons. The molecule has 1 aliphatic rings. The van der Waals surface area contributed by atoms with Crippen LogP contribution in [0, 0.1) is 0 Å². The average molecular weight is 743 g/mol. The molecule has 54 heavy (non-hydrogen) atoms. The molecule has 6 bridgehead atoms. The number of hydrogen-bond acceptors (Lipinski definition) is 10. The molecule has 0 aliphatic carbocycles. The zero-order valence-electron chi connectivity index (χ0n) is 31.3.